The molecule has 136 valence electrons. The molecule has 0 saturated carbocycles. The molecule has 0 spiro atoms. The van der Waals surface area contributed by atoms with E-state index < -0.39 is 6.10 Å². The number of anilines is 2. The summed E-state index contributed by atoms with van der Waals surface area (Å²) in [7, 11) is 0. The minimum Gasteiger partial charge on any atom is -0.390 e. The molecule has 5 nitrogen and oxygen atoms in total. The maximum absolute atomic E-state index is 13.5. The van der Waals surface area contributed by atoms with Gasteiger partial charge >= 0.3 is 0 Å². The fourth-order valence-electron chi connectivity index (χ4n) is 2.10. The van der Waals surface area contributed by atoms with Gasteiger partial charge in [0.2, 0.25) is 5.13 Å². The van der Waals surface area contributed by atoms with Crippen LogP contribution in [0.2, 0.25) is 0 Å². The van der Waals surface area contributed by atoms with Crippen LogP contribution in [0.1, 0.15) is 5.56 Å². The van der Waals surface area contributed by atoms with Crippen molar-refractivity contribution in [2.45, 2.75) is 17.1 Å². The van der Waals surface area contributed by atoms with Crippen molar-refractivity contribution in [1.29, 1.82) is 0 Å². The van der Waals surface area contributed by atoms with Crippen molar-refractivity contribution < 1.29 is 14.2 Å². The minimum absolute atomic E-state index is 0.134. The zero-order valence-electron chi connectivity index (χ0n) is 13.8. The molecule has 2 aromatic carbocycles. The number of nitrogens with zero attached hydrogens (tertiary/aromatic N) is 2. The Morgan fingerprint density at radius 1 is 1.12 bits per heavy atom. The number of hydrogen-bond donors (Lipinski definition) is 2. The maximum atomic E-state index is 13.5. The molecule has 0 bridgehead atoms. The van der Waals surface area contributed by atoms with E-state index >= 15 is 0 Å². The number of aromatic nitrogens is 2. The van der Waals surface area contributed by atoms with Gasteiger partial charge in [-0.1, -0.05) is 59.5 Å². The summed E-state index contributed by atoms with van der Waals surface area (Å²) in [5.74, 6) is 0.126. The molecule has 2 N–H and O–H groups in total. The highest BCUT2D eigenvalue weighted by molar-refractivity contribution is 8.01. The first-order chi connectivity index (χ1) is 12.7. The van der Waals surface area contributed by atoms with Gasteiger partial charge in [0.1, 0.15) is 5.82 Å². The summed E-state index contributed by atoms with van der Waals surface area (Å²) < 4.78 is 19.6. The molecular formula is C18H18FN3O2S2. The number of para-hydroxylation sites is 1. The van der Waals surface area contributed by atoms with Crippen LogP contribution in [0.5, 0.6) is 0 Å². The molecule has 8 heteroatoms. The minimum atomic E-state index is -0.666. The largest absolute Gasteiger partial charge is 0.390 e. The summed E-state index contributed by atoms with van der Waals surface area (Å²) in [5.41, 5.74) is 1.43. The number of nitrogens with one attached hydrogen (secondary N) is 1. The molecule has 0 saturated heterocycles. The number of benzene rings is 2. The Morgan fingerprint density at radius 2 is 1.88 bits per heavy atom. The lowest BCUT2D eigenvalue weighted by molar-refractivity contribution is 0.0387. The molecule has 0 fully saturated rings. The standard InChI is InChI=1S/C18H18FN3O2S2/c19-16-9-5-4-6-13(16)10-24-11-15(23)12-25-18-22-21-17(26-18)20-14-7-2-1-3-8-14/h1-9,15,23H,10-12H2,(H,20,21)/t15-/m1/s1. The zero-order chi connectivity index (χ0) is 18.2. The van der Waals surface area contributed by atoms with Crippen molar-refractivity contribution in [3.8, 4) is 0 Å². The molecule has 1 aromatic heterocycles. The van der Waals surface area contributed by atoms with Crippen LogP contribution < -0.4 is 5.32 Å². The number of ether oxygens (including phenoxy) is 1. The van der Waals surface area contributed by atoms with E-state index in [1.807, 2.05) is 30.3 Å². The van der Waals surface area contributed by atoms with Gasteiger partial charge in [0.05, 0.1) is 19.3 Å². The molecular weight excluding hydrogens is 373 g/mol. The molecule has 0 unspecified atom stereocenters. The van der Waals surface area contributed by atoms with Crippen LogP contribution in [-0.4, -0.2) is 33.8 Å². The number of rotatable bonds is 9. The highest BCUT2D eigenvalue weighted by Crippen LogP contribution is 2.28. The van der Waals surface area contributed by atoms with Gasteiger partial charge in [0, 0.05) is 17.0 Å². The van der Waals surface area contributed by atoms with Gasteiger partial charge in [-0.05, 0) is 18.2 Å². The van der Waals surface area contributed by atoms with Crippen molar-refractivity contribution in [3.05, 3.63) is 66.0 Å². The van der Waals surface area contributed by atoms with Crippen LogP contribution >= 0.6 is 23.1 Å². The Bertz CT molecular complexity index is 817. The van der Waals surface area contributed by atoms with E-state index in [1.165, 1.54) is 29.2 Å². The van der Waals surface area contributed by atoms with Crippen LogP contribution in [0.25, 0.3) is 0 Å². The first-order valence-corrected chi connectivity index (χ1v) is 9.78. The second-order valence-corrected chi connectivity index (χ2v) is 7.68. The Labute approximate surface area is 159 Å². The van der Waals surface area contributed by atoms with E-state index in [1.54, 1.807) is 18.2 Å². The molecule has 26 heavy (non-hydrogen) atoms. The molecule has 1 heterocycles. The van der Waals surface area contributed by atoms with Crippen molar-refractivity contribution in [2.24, 2.45) is 0 Å². The normalized spacial score (nSPS) is 12.1. The summed E-state index contributed by atoms with van der Waals surface area (Å²) in [4.78, 5) is 0. The number of aliphatic hydroxyl groups is 1. The molecule has 0 radical (unpaired) electrons. The number of aliphatic hydroxyl groups excluding tert-OH is 1. The second kappa shape index (κ2) is 9.63. The molecule has 0 aliphatic carbocycles. The van der Waals surface area contributed by atoms with Crippen LogP contribution in [-0.2, 0) is 11.3 Å². The Morgan fingerprint density at radius 3 is 2.69 bits per heavy atom. The Balaban J connectivity index is 1.39. The maximum Gasteiger partial charge on any atom is 0.210 e. The summed E-state index contributed by atoms with van der Waals surface area (Å²) in [6.45, 7) is 0.271. The average Bonchev–Trinajstić information content (AvgIpc) is 3.10. The lowest BCUT2D eigenvalue weighted by Gasteiger charge is -2.10. The molecule has 0 aliphatic heterocycles. The highest BCUT2D eigenvalue weighted by atomic mass is 32.2. The summed E-state index contributed by atoms with van der Waals surface area (Å²) in [6, 6.07) is 16.2. The predicted molar refractivity (Wildman–Crippen MR) is 102 cm³/mol. The van der Waals surface area contributed by atoms with Gasteiger partial charge in [-0.2, -0.15) is 0 Å². The van der Waals surface area contributed by atoms with Crippen molar-refractivity contribution in [1.82, 2.24) is 10.2 Å². The Kier molecular flexibility index (Phi) is 6.96. The van der Waals surface area contributed by atoms with Gasteiger partial charge < -0.3 is 15.2 Å². The predicted octanol–water partition coefficient (Wildman–Crippen LogP) is 4.09. The fourth-order valence-corrected chi connectivity index (χ4v) is 3.80. The smallest absolute Gasteiger partial charge is 0.210 e. The van der Waals surface area contributed by atoms with Crippen LogP contribution in [0.3, 0.4) is 0 Å². The molecule has 0 amide bonds. The molecule has 1 atom stereocenters. The van der Waals surface area contributed by atoms with Crippen LogP contribution in [0, 0.1) is 5.82 Å². The van der Waals surface area contributed by atoms with E-state index in [0.717, 1.165) is 10.0 Å². The zero-order valence-corrected chi connectivity index (χ0v) is 15.5. The van der Waals surface area contributed by atoms with E-state index in [2.05, 4.69) is 15.5 Å². The van der Waals surface area contributed by atoms with Gasteiger partial charge in [0.25, 0.3) is 0 Å². The SMILES string of the molecule is O[C@H](COCc1ccccc1F)CSc1nnc(Nc2ccccc2)s1. The Hall–Kier alpha value is -2.00. The van der Waals surface area contributed by atoms with E-state index in [9.17, 15) is 9.50 Å². The van der Waals surface area contributed by atoms with Crippen LogP contribution in [0.4, 0.5) is 15.2 Å². The van der Waals surface area contributed by atoms with Gasteiger partial charge in [-0.3, -0.25) is 0 Å². The van der Waals surface area contributed by atoms with Crippen molar-refractivity contribution >= 4 is 33.9 Å². The third-order valence-electron chi connectivity index (χ3n) is 3.36. The van der Waals surface area contributed by atoms with Crippen molar-refractivity contribution in [2.75, 3.05) is 17.7 Å². The number of thioether (sulfide) groups is 1. The number of halogens is 1. The van der Waals surface area contributed by atoms with E-state index in [0.29, 0.717) is 16.4 Å². The first-order valence-electron chi connectivity index (χ1n) is 7.98. The first kappa shape index (κ1) is 18.8. The van der Waals surface area contributed by atoms with Gasteiger partial charge in [-0.25, -0.2) is 4.39 Å². The lowest BCUT2D eigenvalue weighted by atomic mass is 10.2. The van der Waals surface area contributed by atoms with Crippen LogP contribution in [0.15, 0.2) is 58.9 Å². The molecule has 3 rings (SSSR count). The lowest BCUT2D eigenvalue weighted by Crippen LogP contribution is -2.18. The fraction of sp³-hybridized carbons (Fsp3) is 0.222. The second-order valence-electron chi connectivity index (χ2n) is 5.44. The average molecular weight is 391 g/mol. The molecule has 3 aromatic rings. The third-order valence-corrected chi connectivity index (χ3v) is 5.47. The van der Waals surface area contributed by atoms with E-state index in [4.69, 9.17) is 4.74 Å². The van der Waals surface area contributed by atoms with Gasteiger partial charge in [-0.15, -0.1) is 10.2 Å². The van der Waals surface area contributed by atoms with Crippen molar-refractivity contribution in [3.63, 3.8) is 0 Å². The monoisotopic (exact) mass is 391 g/mol. The highest BCUT2D eigenvalue weighted by Gasteiger charge is 2.10. The number of hydrogen-bond acceptors (Lipinski definition) is 7. The van der Waals surface area contributed by atoms with Gasteiger partial charge in [0.15, 0.2) is 4.34 Å². The topological polar surface area (TPSA) is 67.3 Å². The summed E-state index contributed by atoms with van der Waals surface area (Å²) >= 11 is 2.83. The molecule has 0 aliphatic rings. The third kappa shape index (κ3) is 5.77. The summed E-state index contributed by atoms with van der Waals surface area (Å²) in [6.07, 6.45) is -0.666. The summed E-state index contributed by atoms with van der Waals surface area (Å²) in [5, 5.41) is 22.1. The quantitative estimate of drug-likeness (QED) is 0.536. The van der Waals surface area contributed by atoms with E-state index in [-0.39, 0.29) is 19.0 Å².